The van der Waals surface area contributed by atoms with Gasteiger partial charge in [-0.3, -0.25) is 0 Å². The van der Waals surface area contributed by atoms with Crippen molar-refractivity contribution in [1.82, 2.24) is 5.32 Å². The molecule has 1 atom stereocenters. The van der Waals surface area contributed by atoms with E-state index in [4.69, 9.17) is 0 Å². The van der Waals surface area contributed by atoms with Crippen LogP contribution in [0.3, 0.4) is 0 Å². The van der Waals surface area contributed by atoms with Crippen LogP contribution in [0.4, 0.5) is 22.0 Å². The number of piperidine rings is 1. The summed E-state index contributed by atoms with van der Waals surface area (Å²) < 4.78 is 60.6. The molecule has 1 rings (SSSR count). The van der Waals surface area contributed by atoms with Crippen molar-refractivity contribution in [3.05, 3.63) is 0 Å². The second kappa shape index (κ2) is 4.00. The molecule has 0 saturated carbocycles. The van der Waals surface area contributed by atoms with E-state index in [-0.39, 0.29) is 6.54 Å². The normalized spacial score (nSPS) is 25.1. The molecule has 1 aliphatic heterocycles. The first-order valence-electron chi connectivity index (χ1n) is 4.48. The summed E-state index contributed by atoms with van der Waals surface area (Å²) in [5.74, 6) is -5.11. The van der Waals surface area contributed by atoms with Crippen molar-refractivity contribution < 1.29 is 22.0 Å². The maximum Gasteiger partial charge on any atom is 0.453 e. The summed E-state index contributed by atoms with van der Waals surface area (Å²) in [4.78, 5) is 0. The van der Waals surface area contributed by atoms with Crippen LogP contribution in [0.15, 0.2) is 0 Å². The number of hydrogen-bond donors (Lipinski definition) is 1. The van der Waals surface area contributed by atoms with Crippen LogP contribution in [0, 0.1) is 5.92 Å². The molecule has 1 saturated heterocycles. The lowest BCUT2D eigenvalue weighted by molar-refractivity contribution is -0.288. The van der Waals surface area contributed by atoms with E-state index in [1.165, 1.54) is 0 Å². The van der Waals surface area contributed by atoms with Gasteiger partial charge >= 0.3 is 12.1 Å². The quantitative estimate of drug-likeness (QED) is 0.701. The molecule has 0 aliphatic carbocycles. The SMILES string of the molecule is FC(F)(F)C(F)(F)CC1CCCNC1. The summed E-state index contributed by atoms with van der Waals surface area (Å²) >= 11 is 0. The zero-order valence-electron chi connectivity index (χ0n) is 7.50. The number of nitrogens with one attached hydrogen (secondary N) is 1. The molecule has 0 aromatic carbocycles. The highest BCUT2D eigenvalue weighted by atomic mass is 19.4. The van der Waals surface area contributed by atoms with Crippen molar-refractivity contribution in [2.24, 2.45) is 5.92 Å². The standard InChI is InChI=1S/C8H12F5N/c9-7(10,8(11,12)13)4-6-2-1-3-14-5-6/h6,14H,1-5H2. The Morgan fingerprint density at radius 1 is 1.14 bits per heavy atom. The Morgan fingerprint density at radius 3 is 2.21 bits per heavy atom. The fourth-order valence-corrected chi connectivity index (χ4v) is 1.58. The average Bonchev–Trinajstić information content (AvgIpc) is 2.03. The number of alkyl halides is 5. The summed E-state index contributed by atoms with van der Waals surface area (Å²) in [5.41, 5.74) is 0. The molecule has 14 heavy (non-hydrogen) atoms. The van der Waals surface area contributed by atoms with Gasteiger partial charge < -0.3 is 5.32 Å². The topological polar surface area (TPSA) is 12.0 Å². The minimum Gasteiger partial charge on any atom is -0.316 e. The molecule has 1 heterocycles. The van der Waals surface area contributed by atoms with E-state index in [2.05, 4.69) is 5.32 Å². The molecule has 0 spiro atoms. The maximum atomic E-state index is 12.6. The van der Waals surface area contributed by atoms with E-state index in [1.807, 2.05) is 0 Å². The third kappa shape index (κ3) is 2.80. The number of halogens is 5. The van der Waals surface area contributed by atoms with Crippen LogP contribution in [-0.2, 0) is 0 Å². The van der Waals surface area contributed by atoms with E-state index in [1.54, 1.807) is 0 Å². The Labute approximate surface area is 78.7 Å². The van der Waals surface area contributed by atoms with Gasteiger partial charge in [0.15, 0.2) is 0 Å². The molecule has 1 N–H and O–H groups in total. The molecular weight excluding hydrogens is 205 g/mol. The van der Waals surface area contributed by atoms with E-state index in [9.17, 15) is 22.0 Å². The Morgan fingerprint density at radius 2 is 1.79 bits per heavy atom. The zero-order chi connectivity index (χ0) is 10.8. The fourth-order valence-electron chi connectivity index (χ4n) is 1.58. The molecule has 0 bridgehead atoms. The summed E-state index contributed by atoms with van der Waals surface area (Å²) in [7, 11) is 0. The van der Waals surface area contributed by atoms with Gasteiger partial charge in [-0.05, 0) is 31.8 Å². The van der Waals surface area contributed by atoms with Gasteiger partial charge in [-0.25, -0.2) is 0 Å². The van der Waals surface area contributed by atoms with Crippen LogP contribution in [0.1, 0.15) is 19.3 Å². The highest BCUT2D eigenvalue weighted by molar-refractivity contribution is 4.81. The van der Waals surface area contributed by atoms with Gasteiger partial charge in [0.25, 0.3) is 0 Å². The molecular formula is C8H12F5N. The Bertz CT molecular complexity index is 183. The summed E-state index contributed by atoms with van der Waals surface area (Å²) in [6, 6.07) is 0. The molecule has 1 aliphatic rings. The second-order valence-corrected chi connectivity index (χ2v) is 3.62. The molecule has 1 unspecified atom stereocenters. The third-order valence-electron chi connectivity index (χ3n) is 2.36. The molecule has 0 aromatic rings. The van der Waals surface area contributed by atoms with Crippen molar-refractivity contribution in [3.63, 3.8) is 0 Å². The highest BCUT2D eigenvalue weighted by Crippen LogP contribution is 2.40. The minimum absolute atomic E-state index is 0.256. The van der Waals surface area contributed by atoms with Crippen molar-refractivity contribution in [2.45, 2.75) is 31.4 Å². The van der Waals surface area contributed by atoms with E-state index in [0.29, 0.717) is 19.4 Å². The summed E-state index contributed by atoms with van der Waals surface area (Å²) in [6.45, 7) is 0.958. The largest absolute Gasteiger partial charge is 0.453 e. The fraction of sp³-hybridized carbons (Fsp3) is 1.00. The highest BCUT2D eigenvalue weighted by Gasteiger charge is 2.57. The monoisotopic (exact) mass is 217 g/mol. The van der Waals surface area contributed by atoms with Crippen molar-refractivity contribution in [3.8, 4) is 0 Å². The number of rotatable bonds is 2. The third-order valence-corrected chi connectivity index (χ3v) is 2.36. The van der Waals surface area contributed by atoms with Crippen LogP contribution in [0.5, 0.6) is 0 Å². The Hall–Kier alpha value is -0.390. The van der Waals surface area contributed by atoms with Gasteiger partial charge in [0.2, 0.25) is 0 Å². The summed E-state index contributed by atoms with van der Waals surface area (Å²) in [5, 5.41) is 2.81. The van der Waals surface area contributed by atoms with Crippen LogP contribution in [-0.4, -0.2) is 25.2 Å². The first-order valence-corrected chi connectivity index (χ1v) is 4.48. The average molecular weight is 217 g/mol. The van der Waals surface area contributed by atoms with E-state index in [0.717, 1.165) is 0 Å². The molecule has 6 heteroatoms. The second-order valence-electron chi connectivity index (χ2n) is 3.62. The van der Waals surface area contributed by atoms with Crippen molar-refractivity contribution in [2.75, 3.05) is 13.1 Å². The number of hydrogen-bond acceptors (Lipinski definition) is 1. The lowest BCUT2D eigenvalue weighted by atomic mass is 9.93. The molecule has 0 radical (unpaired) electrons. The first-order chi connectivity index (χ1) is 6.33. The first kappa shape index (κ1) is 11.7. The maximum absolute atomic E-state index is 12.6. The van der Waals surface area contributed by atoms with Gasteiger partial charge in [-0.15, -0.1) is 0 Å². The molecule has 1 nitrogen and oxygen atoms in total. The van der Waals surface area contributed by atoms with Gasteiger partial charge in [0.05, 0.1) is 0 Å². The molecule has 0 amide bonds. The summed E-state index contributed by atoms with van der Waals surface area (Å²) in [6.07, 6.45) is -5.40. The van der Waals surface area contributed by atoms with E-state index >= 15 is 0 Å². The van der Waals surface area contributed by atoms with Gasteiger partial charge in [0.1, 0.15) is 0 Å². The smallest absolute Gasteiger partial charge is 0.316 e. The lowest BCUT2D eigenvalue weighted by Gasteiger charge is -2.27. The predicted molar refractivity (Wildman–Crippen MR) is 41.2 cm³/mol. The van der Waals surface area contributed by atoms with Gasteiger partial charge in [0, 0.05) is 6.42 Å². The Balaban J connectivity index is 2.49. The van der Waals surface area contributed by atoms with Gasteiger partial charge in [-0.2, -0.15) is 22.0 Å². The predicted octanol–water partition coefficient (Wildman–Crippen LogP) is 2.57. The van der Waals surface area contributed by atoms with Crippen molar-refractivity contribution in [1.29, 1.82) is 0 Å². The lowest BCUT2D eigenvalue weighted by Crippen LogP contribution is -2.41. The molecule has 0 aromatic heterocycles. The van der Waals surface area contributed by atoms with Gasteiger partial charge in [-0.1, -0.05) is 0 Å². The molecule has 84 valence electrons. The van der Waals surface area contributed by atoms with Crippen LogP contribution < -0.4 is 5.32 Å². The Kier molecular flexibility index (Phi) is 3.34. The van der Waals surface area contributed by atoms with E-state index < -0.39 is 24.4 Å². The minimum atomic E-state index is -5.41. The zero-order valence-corrected chi connectivity index (χ0v) is 7.50. The van der Waals surface area contributed by atoms with Crippen LogP contribution in [0.25, 0.3) is 0 Å². The van der Waals surface area contributed by atoms with Crippen LogP contribution >= 0.6 is 0 Å². The van der Waals surface area contributed by atoms with Crippen molar-refractivity contribution >= 4 is 0 Å². The molecule has 1 fully saturated rings. The van der Waals surface area contributed by atoms with Crippen LogP contribution in [0.2, 0.25) is 0 Å².